The minimum atomic E-state index is -4.58. The molecule has 0 atom stereocenters. The molecule has 2 heterocycles. The maximum absolute atomic E-state index is 13.0. The number of hydrogen-bond donors (Lipinski definition) is 1. The number of amides is 1. The zero-order valence-corrected chi connectivity index (χ0v) is 14.9. The van der Waals surface area contributed by atoms with Crippen LogP contribution in [-0.2, 0) is 24.1 Å². The van der Waals surface area contributed by atoms with Gasteiger partial charge in [0.1, 0.15) is 12.2 Å². The summed E-state index contributed by atoms with van der Waals surface area (Å²) in [5.74, 6) is -0.410. The Balaban J connectivity index is 1.64. The fraction of sp³-hybridized carbons (Fsp3) is 0.235. The minimum absolute atomic E-state index is 0.183. The molecule has 1 N–H and O–H groups in total. The normalized spacial score (nSPS) is 11.6. The van der Waals surface area contributed by atoms with Crippen LogP contribution in [0.1, 0.15) is 17.0 Å². The first-order valence-electron chi connectivity index (χ1n) is 7.90. The zero-order valence-electron chi connectivity index (χ0n) is 14.2. The maximum atomic E-state index is 13.0. The summed E-state index contributed by atoms with van der Waals surface area (Å²) in [4.78, 5) is 12.1. The molecule has 0 fully saturated rings. The molecule has 0 radical (unpaired) electrons. The van der Waals surface area contributed by atoms with Crippen LogP contribution in [0.2, 0.25) is 5.02 Å². The molecule has 0 aliphatic carbocycles. The Labute approximate surface area is 157 Å². The second-order valence-electron chi connectivity index (χ2n) is 5.90. The molecule has 1 amide bonds. The van der Waals surface area contributed by atoms with Crippen molar-refractivity contribution < 1.29 is 18.0 Å². The molecular weight excluding hydrogens is 383 g/mol. The molecule has 1 aromatic carbocycles. The number of nitrogens with one attached hydrogen (secondary N) is 1. The summed E-state index contributed by atoms with van der Waals surface area (Å²) in [5, 5.41) is 11.0. The SMILES string of the molecule is Cc1cc(C(F)(F)F)n(CC(=O)Nc2ccn(Cc3ccc(Cl)cc3)n2)n1. The van der Waals surface area contributed by atoms with Gasteiger partial charge in [-0.1, -0.05) is 23.7 Å². The van der Waals surface area contributed by atoms with Gasteiger partial charge in [-0.05, 0) is 30.7 Å². The number of carbonyl (C=O) groups excluding carboxylic acids is 1. The molecule has 6 nitrogen and oxygen atoms in total. The van der Waals surface area contributed by atoms with Gasteiger partial charge in [0.15, 0.2) is 5.82 Å². The van der Waals surface area contributed by atoms with E-state index in [-0.39, 0.29) is 11.5 Å². The second kappa shape index (κ2) is 7.43. The third-order valence-corrected chi connectivity index (χ3v) is 3.90. The standard InChI is InChI=1S/C17H15ClF3N5O/c1-11-8-14(17(19,20)21)26(23-11)10-16(27)22-15-6-7-25(24-15)9-12-2-4-13(18)5-3-12/h2-8H,9-10H2,1H3,(H,22,24,27). The molecule has 3 aromatic rings. The molecule has 2 aromatic heterocycles. The molecule has 3 rings (SSSR count). The molecule has 0 saturated carbocycles. The molecule has 0 aliphatic rings. The lowest BCUT2D eigenvalue weighted by atomic mass is 10.2. The summed E-state index contributed by atoms with van der Waals surface area (Å²) >= 11 is 5.84. The Hall–Kier alpha value is -2.81. The van der Waals surface area contributed by atoms with Gasteiger partial charge < -0.3 is 5.32 Å². The highest BCUT2D eigenvalue weighted by Crippen LogP contribution is 2.29. The highest BCUT2D eigenvalue weighted by atomic mass is 35.5. The predicted octanol–water partition coefficient (Wildman–Crippen LogP) is 3.75. The fourth-order valence-corrected chi connectivity index (χ4v) is 2.63. The van der Waals surface area contributed by atoms with Crippen molar-refractivity contribution in [2.75, 3.05) is 5.32 Å². The third kappa shape index (κ3) is 4.88. The molecule has 0 aliphatic heterocycles. The van der Waals surface area contributed by atoms with Crippen molar-refractivity contribution in [2.45, 2.75) is 26.2 Å². The lowest BCUT2D eigenvalue weighted by molar-refractivity contribution is -0.144. The minimum Gasteiger partial charge on any atom is -0.308 e. The number of benzene rings is 1. The number of rotatable bonds is 5. The highest BCUT2D eigenvalue weighted by molar-refractivity contribution is 6.30. The van der Waals surface area contributed by atoms with Crippen LogP contribution in [0.5, 0.6) is 0 Å². The number of halogens is 4. The summed E-state index contributed by atoms with van der Waals surface area (Å²) in [7, 11) is 0. The van der Waals surface area contributed by atoms with Gasteiger partial charge in [-0.3, -0.25) is 14.2 Å². The van der Waals surface area contributed by atoms with E-state index in [1.807, 2.05) is 12.1 Å². The van der Waals surface area contributed by atoms with E-state index in [0.717, 1.165) is 11.6 Å². The highest BCUT2D eigenvalue weighted by Gasteiger charge is 2.35. The first-order chi connectivity index (χ1) is 12.7. The van der Waals surface area contributed by atoms with Crippen LogP contribution in [0.25, 0.3) is 0 Å². The monoisotopic (exact) mass is 397 g/mol. The van der Waals surface area contributed by atoms with Crippen molar-refractivity contribution >= 4 is 23.3 Å². The Morgan fingerprint density at radius 2 is 1.89 bits per heavy atom. The molecule has 0 spiro atoms. The van der Waals surface area contributed by atoms with Crippen LogP contribution >= 0.6 is 11.6 Å². The summed E-state index contributed by atoms with van der Waals surface area (Å²) in [6.45, 7) is 1.33. The largest absolute Gasteiger partial charge is 0.433 e. The number of alkyl halides is 3. The van der Waals surface area contributed by atoms with Crippen LogP contribution in [0.4, 0.5) is 19.0 Å². The Morgan fingerprint density at radius 3 is 2.56 bits per heavy atom. The molecule has 142 valence electrons. The van der Waals surface area contributed by atoms with Gasteiger partial charge in [-0.15, -0.1) is 0 Å². The lowest BCUT2D eigenvalue weighted by Crippen LogP contribution is -2.24. The number of hydrogen-bond acceptors (Lipinski definition) is 3. The molecule has 27 heavy (non-hydrogen) atoms. The van der Waals surface area contributed by atoms with Gasteiger partial charge in [0.05, 0.1) is 12.2 Å². The van der Waals surface area contributed by atoms with Crippen molar-refractivity contribution in [1.82, 2.24) is 19.6 Å². The zero-order chi connectivity index (χ0) is 19.6. The second-order valence-corrected chi connectivity index (χ2v) is 6.34. The van der Waals surface area contributed by atoms with E-state index < -0.39 is 24.3 Å². The average molecular weight is 398 g/mol. The molecule has 0 unspecified atom stereocenters. The fourth-order valence-electron chi connectivity index (χ4n) is 2.51. The summed E-state index contributed by atoms with van der Waals surface area (Å²) in [6.07, 6.45) is -2.93. The van der Waals surface area contributed by atoms with Gasteiger partial charge in [-0.2, -0.15) is 23.4 Å². The average Bonchev–Trinajstić information content (AvgIpc) is 3.15. The number of aryl methyl sites for hydroxylation is 1. The molecule has 10 heteroatoms. The van der Waals surface area contributed by atoms with Gasteiger partial charge in [0, 0.05) is 17.3 Å². The lowest BCUT2D eigenvalue weighted by Gasteiger charge is -2.09. The van der Waals surface area contributed by atoms with Crippen molar-refractivity contribution in [3.8, 4) is 0 Å². The first-order valence-corrected chi connectivity index (χ1v) is 8.28. The van der Waals surface area contributed by atoms with E-state index in [4.69, 9.17) is 11.6 Å². The van der Waals surface area contributed by atoms with Crippen molar-refractivity contribution in [3.63, 3.8) is 0 Å². The smallest absolute Gasteiger partial charge is 0.308 e. The number of aromatic nitrogens is 4. The van der Waals surface area contributed by atoms with Gasteiger partial charge in [0.25, 0.3) is 0 Å². The number of anilines is 1. The molecular formula is C17H15ClF3N5O. The van der Waals surface area contributed by atoms with Gasteiger partial charge in [-0.25, -0.2) is 0 Å². The molecule has 0 saturated heterocycles. The van der Waals surface area contributed by atoms with Crippen LogP contribution < -0.4 is 5.32 Å². The number of nitrogens with zero attached hydrogens (tertiary/aromatic N) is 4. The topological polar surface area (TPSA) is 64.7 Å². The van der Waals surface area contributed by atoms with Crippen LogP contribution in [0.15, 0.2) is 42.6 Å². The number of carbonyl (C=O) groups is 1. The van der Waals surface area contributed by atoms with Crippen molar-refractivity contribution in [1.29, 1.82) is 0 Å². The summed E-state index contributed by atoms with van der Waals surface area (Å²) in [6, 6.07) is 9.67. The van der Waals surface area contributed by atoms with Gasteiger partial charge in [0.2, 0.25) is 5.91 Å². The summed E-state index contributed by atoms with van der Waals surface area (Å²) in [5.41, 5.74) is 0.174. The molecule has 0 bridgehead atoms. The van der Waals surface area contributed by atoms with E-state index in [0.29, 0.717) is 16.2 Å². The van der Waals surface area contributed by atoms with E-state index in [9.17, 15) is 18.0 Å². The van der Waals surface area contributed by atoms with E-state index in [1.165, 1.54) is 6.92 Å². The van der Waals surface area contributed by atoms with E-state index in [2.05, 4.69) is 15.5 Å². The van der Waals surface area contributed by atoms with Crippen LogP contribution in [0.3, 0.4) is 0 Å². The Morgan fingerprint density at radius 1 is 1.19 bits per heavy atom. The van der Waals surface area contributed by atoms with Gasteiger partial charge >= 0.3 is 6.18 Å². The van der Waals surface area contributed by atoms with Crippen molar-refractivity contribution in [2.24, 2.45) is 0 Å². The first kappa shape index (κ1) is 19.0. The Bertz CT molecular complexity index is 946. The summed E-state index contributed by atoms with van der Waals surface area (Å²) < 4.78 is 41.1. The van der Waals surface area contributed by atoms with E-state index >= 15 is 0 Å². The third-order valence-electron chi connectivity index (χ3n) is 3.65. The maximum Gasteiger partial charge on any atom is 0.433 e. The van der Waals surface area contributed by atoms with Crippen LogP contribution in [0, 0.1) is 6.92 Å². The van der Waals surface area contributed by atoms with Crippen molar-refractivity contribution in [3.05, 3.63) is 64.6 Å². The predicted molar refractivity (Wildman–Crippen MR) is 93.4 cm³/mol. The quantitative estimate of drug-likeness (QED) is 0.713. The van der Waals surface area contributed by atoms with Crippen LogP contribution in [-0.4, -0.2) is 25.5 Å². The Kier molecular flexibility index (Phi) is 5.22. The van der Waals surface area contributed by atoms with E-state index in [1.54, 1.807) is 29.1 Å².